The highest BCUT2D eigenvalue weighted by atomic mass is 16.5. The van der Waals surface area contributed by atoms with Gasteiger partial charge in [0.25, 0.3) is 0 Å². The van der Waals surface area contributed by atoms with Crippen molar-refractivity contribution >= 4 is 0 Å². The standard InChI is InChI=1S/C9H21NO/c1-4-8(5-2)9(11-3)6-7-10/h8-9H,4-7,10H2,1-3H3/t9-/m1/s1. The van der Waals surface area contributed by atoms with Crippen LogP contribution in [0.15, 0.2) is 0 Å². The van der Waals surface area contributed by atoms with Crippen LogP contribution in [0.25, 0.3) is 0 Å². The second-order valence-electron chi connectivity index (χ2n) is 2.93. The van der Waals surface area contributed by atoms with E-state index in [1.54, 1.807) is 7.11 Å². The van der Waals surface area contributed by atoms with E-state index in [-0.39, 0.29) is 0 Å². The van der Waals surface area contributed by atoms with E-state index in [4.69, 9.17) is 10.5 Å². The van der Waals surface area contributed by atoms with Gasteiger partial charge in [-0.1, -0.05) is 26.7 Å². The lowest BCUT2D eigenvalue weighted by Crippen LogP contribution is -2.24. The van der Waals surface area contributed by atoms with E-state index in [0.29, 0.717) is 12.0 Å². The molecule has 0 fully saturated rings. The molecule has 0 radical (unpaired) electrons. The highest BCUT2D eigenvalue weighted by Crippen LogP contribution is 2.17. The van der Waals surface area contributed by atoms with Crippen LogP contribution in [0.2, 0.25) is 0 Å². The van der Waals surface area contributed by atoms with Gasteiger partial charge in [-0.05, 0) is 18.9 Å². The van der Waals surface area contributed by atoms with Crippen LogP contribution in [0, 0.1) is 5.92 Å². The second kappa shape index (κ2) is 6.62. The average molecular weight is 159 g/mol. The van der Waals surface area contributed by atoms with E-state index in [0.717, 1.165) is 13.0 Å². The maximum Gasteiger partial charge on any atom is 0.0611 e. The Morgan fingerprint density at radius 3 is 2.09 bits per heavy atom. The van der Waals surface area contributed by atoms with Crippen molar-refractivity contribution < 1.29 is 4.74 Å². The predicted octanol–water partition coefficient (Wildman–Crippen LogP) is 1.79. The maximum atomic E-state index is 5.47. The minimum Gasteiger partial charge on any atom is -0.381 e. The number of ether oxygens (including phenoxy) is 1. The van der Waals surface area contributed by atoms with Gasteiger partial charge < -0.3 is 10.5 Å². The quantitative estimate of drug-likeness (QED) is 0.641. The van der Waals surface area contributed by atoms with Crippen LogP contribution in [-0.2, 0) is 4.74 Å². The minimum absolute atomic E-state index is 0.370. The lowest BCUT2D eigenvalue weighted by Gasteiger charge is -2.23. The van der Waals surface area contributed by atoms with Gasteiger partial charge in [-0.25, -0.2) is 0 Å². The molecule has 1 atom stereocenters. The molecule has 68 valence electrons. The first-order valence-electron chi connectivity index (χ1n) is 4.52. The summed E-state index contributed by atoms with van der Waals surface area (Å²) in [6.45, 7) is 5.14. The molecule has 11 heavy (non-hydrogen) atoms. The molecule has 0 spiro atoms. The molecule has 0 rings (SSSR count). The van der Waals surface area contributed by atoms with Crippen LogP contribution < -0.4 is 5.73 Å². The lowest BCUT2D eigenvalue weighted by molar-refractivity contribution is 0.0440. The third-order valence-corrected chi connectivity index (χ3v) is 2.33. The van der Waals surface area contributed by atoms with E-state index in [9.17, 15) is 0 Å². The summed E-state index contributed by atoms with van der Waals surface area (Å²) >= 11 is 0. The Bertz CT molecular complexity index is 81.6. The van der Waals surface area contributed by atoms with Crippen LogP contribution in [0.5, 0.6) is 0 Å². The molecule has 0 aromatic carbocycles. The molecular formula is C9H21NO. The highest BCUT2D eigenvalue weighted by molar-refractivity contribution is 4.67. The smallest absolute Gasteiger partial charge is 0.0611 e. The Kier molecular flexibility index (Phi) is 6.57. The molecule has 0 aliphatic heterocycles. The molecule has 0 aliphatic carbocycles. The number of rotatable bonds is 6. The summed E-state index contributed by atoms with van der Waals surface area (Å²) in [5.41, 5.74) is 5.47. The maximum absolute atomic E-state index is 5.47. The molecule has 0 saturated carbocycles. The Balaban J connectivity index is 3.76. The fraction of sp³-hybridized carbons (Fsp3) is 1.00. The number of nitrogens with two attached hydrogens (primary N) is 1. The van der Waals surface area contributed by atoms with Crippen molar-refractivity contribution in [1.29, 1.82) is 0 Å². The monoisotopic (exact) mass is 159 g/mol. The number of hydrogen-bond donors (Lipinski definition) is 1. The molecular weight excluding hydrogens is 138 g/mol. The number of methoxy groups -OCH3 is 1. The zero-order chi connectivity index (χ0) is 8.69. The van der Waals surface area contributed by atoms with Crippen LogP contribution >= 0.6 is 0 Å². The van der Waals surface area contributed by atoms with Crippen molar-refractivity contribution in [2.24, 2.45) is 11.7 Å². The van der Waals surface area contributed by atoms with Crippen molar-refractivity contribution in [2.75, 3.05) is 13.7 Å². The molecule has 0 heterocycles. The van der Waals surface area contributed by atoms with E-state index < -0.39 is 0 Å². The summed E-state index contributed by atoms with van der Waals surface area (Å²) in [6, 6.07) is 0. The summed E-state index contributed by atoms with van der Waals surface area (Å²) in [6.07, 6.45) is 3.74. The van der Waals surface area contributed by atoms with Gasteiger partial charge in [0.05, 0.1) is 6.10 Å². The Labute approximate surface area is 70.1 Å². The molecule has 0 unspecified atom stereocenters. The van der Waals surface area contributed by atoms with Gasteiger partial charge in [-0.3, -0.25) is 0 Å². The molecule has 2 nitrogen and oxygen atoms in total. The van der Waals surface area contributed by atoms with Crippen LogP contribution in [0.4, 0.5) is 0 Å². The molecule has 2 heteroatoms. The van der Waals surface area contributed by atoms with Crippen LogP contribution in [-0.4, -0.2) is 19.8 Å². The Hall–Kier alpha value is -0.0800. The fourth-order valence-electron chi connectivity index (χ4n) is 1.52. The normalized spacial score (nSPS) is 13.9. The van der Waals surface area contributed by atoms with Crippen molar-refractivity contribution in [1.82, 2.24) is 0 Å². The lowest BCUT2D eigenvalue weighted by atomic mass is 9.94. The Morgan fingerprint density at radius 2 is 1.82 bits per heavy atom. The van der Waals surface area contributed by atoms with E-state index >= 15 is 0 Å². The minimum atomic E-state index is 0.370. The van der Waals surface area contributed by atoms with Gasteiger partial charge in [0.15, 0.2) is 0 Å². The van der Waals surface area contributed by atoms with Gasteiger partial charge in [0.1, 0.15) is 0 Å². The molecule has 0 aromatic rings. The largest absolute Gasteiger partial charge is 0.381 e. The average Bonchev–Trinajstić information content (AvgIpc) is 2.05. The zero-order valence-electron chi connectivity index (χ0n) is 7.97. The first kappa shape index (κ1) is 10.9. The predicted molar refractivity (Wildman–Crippen MR) is 48.5 cm³/mol. The van der Waals surface area contributed by atoms with E-state index in [2.05, 4.69) is 13.8 Å². The molecule has 0 aliphatic rings. The first-order valence-corrected chi connectivity index (χ1v) is 4.52. The third-order valence-electron chi connectivity index (χ3n) is 2.33. The van der Waals surface area contributed by atoms with E-state index in [1.165, 1.54) is 12.8 Å². The van der Waals surface area contributed by atoms with Crippen molar-refractivity contribution in [3.63, 3.8) is 0 Å². The summed E-state index contributed by atoms with van der Waals surface area (Å²) in [7, 11) is 1.78. The van der Waals surface area contributed by atoms with E-state index in [1.807, 2.05) is 0 Å². The van der Waals surface area contributed by atoms with Gasteiger partial charge >= 0.3 is 0 Å². The summed E-state index contributed by atoms with van der Waals surface area (Å²) in [4.78, 5) is 0. The fourth-order valence-corrected chi connectivity index (χ4v) is 1.52. The molecule has 0 bridgehead atoms. The SMILES string of the molecule is CCC(CC)[C@@H](CCN)OC. The second-order valence-corrected chi connectivity index (χ2v) is 2.93. The van der Waals surface area contributed by atoms with Crippen molar-refractivity contribution in [3.05, 3.63) is 0 Å². The highest BCUT2D eigenvalue weighted by Gasteiger charge is 2.16. The summed E-state index contributed by atoms with van der Waals surface area (Å²) in [5.74, 6) is 0.684. The molecule has 0 amide bonds. The summed E-state index contributed by atoms with van der Waals surface area (Å²) in [5, 5.41) is 0. The van der Waals surface area contributed by atoms with Gasteiger partial charge in [0.2, 0.25) is 0 Å². The van der Waals surface area contributed by atoms with Crippen LogP contribution in [0.3, 0.4) is 0 Å². The molecule has 2 N–H and O–H groups in total. The van der Waals surface area contributed by atoms with Crippen molar-refractivity contribution in [2.45, 2.75) is 39.2 Å². The zero-order valence-corrected chi connectivity index (χ0v) is 7.97. The summed E-state index contributed by atoms with van der Waals surface area (Å²) < 4.78 is 5.35. The van der Waals surface area contributed by atoms with Crippen LogP contribution in [0.1, 0.15) is 33.1 Å². The van der Waals surface area contributed by atoms with Crippen molar-refractivity contribution in [3.8, 4) is 0 Å². The third kappa shape index (κ3) is 3.73. The van der Waals surface area contributed by atoms with Gasteiger partial charge in [-0.2, -0.15) is 0 Å². The number of hydrogen-bond acceptors (Lipinski definition) is 2. The van der Waals surface area contributed by atoms with Gasteiger partial charge in [0, 0.05) is 7.11 Å². The molecule has 0 saturated heterocycles. The Morgan fingerprint density at radius 1 is 1.27 bits per heavy atom. The topological polar surface area (TPSA) is 35.2 Å². The van der Waals surface area contributed by atoms with Gasteiger partial charge in [-0.15, -0.1) is 0 Å². The first-order chi connectivity index (χ1) is 5.29. The molecule has 0 aromatic heterocycles.